The molecule has 5 nitrogen and oxygen atoms in total. The standard InChI is InChI=1S/C12H9FN2O3S/c1-6-5-8(19-9(6)12(17)18)15-11(16)7-3-2-4-14-10(7)13/h2-5H,1H3,(H,15,16)(H,17,18). The molecule has 0 aromatic carbocycles. The molecule has 0 atom stereocenters. The normalized spacial score (nSPS) is 10.2. The van der Waals surface area contributed by atoms with Crippen LogP contribution < -0.4 is 5.32 Å². The van der Waals surface area contributed by atoms with Crippen LogP contribution in [0.4, 0.5) is 9.39 Å². The third kappa shape index (κ3) is 2.76. The Morgan fingerprint density at radius 3 is 2.79 bits per heavy atom. The smallest absolute Gasteiger partial charge is 0.346 e. The Labute approximate surface area is 111 Å². The minimum absolute atomic E-state index is 0.141. The van der Waals surface area contributed by atoms with Crippen LogP contribution in [0.3, 0.4) is 0 Å². The molecule has 2 N–H and O–H groups in total. The summed E-state index contributed by atoms with van der Waals surface area (Å²) in [5, 5.41) is 11.7. The largest absolute Gasteiger partial charge is 0.477 e. The number of carbonyl (C=O) groups is 2. The number of hydrogen-bond donors (Lipinski definition) is 2. The highest BCUT2D eigenvalue weighted by Gasteiger charge is 2.16. The van der Waals surface area contributed by atoms with Crippen LogP contribution in [-0.2, 0) is 0 Å². The molecule has 7 heteroatoms. The van der Waals surface area contributed by atoms with Gasteiger partial charge in [-0.05, 0) is 30.7 Å². The number of thiophene rings is 1. The molecule has 0 aliphatic heterocycles. The van der Waals surface area contributed by atoms with E-state index in [9.17, 15) is 14.0 Å². The van der Waals surface area contributed by atoms with Gasteiger partial charge in [0.1, 0.15) is 4.88 Å². The maximum atomic E-state index is 13.3. The number of anilines is 1. The van der Waals surface area contributed by atoms with Gasteiger partial charge in [0.25, 0.3) is 5.91 Å². The van der Waals surface area contributed by atoms with Gasteiger partial charge in [-0.2, -0.15) is 4.39 Å². The van der Waals surface area contributed by atoms with Gasteiger partial charge in [0.15, 0.2) is 0 Å². The summed E-state index contributed by atoms with van der Waals surface area (Å²) in [6, 6.07) is 4.27. The van der Waals surface area contributed by atoms with E-state index >= 15 is 0 Å². The number of nitrogens with zero attached hydrogens (tertiary/aromatic N) is 1. The summed E-state index contributed by atoms with van der Waals surface area (Å²) in [6.45, 7) is 1.63. The molecular formula is C12H9FN2O3S. The van der Waals surface area contributed by atoms with Gasteiger partial charge >= 0.3 is 5.97 Å². The number of carboxylic acid groups (broad SMARTS) is 1. The van der Waals surface area contributed by atoms with E-state index < -0.39 is 17.8 Å². The molecule has 0 fully saturated rings. The van der Waals surface area contributed by atoms with Crippen molar-refractivity contribution in [1.29, 1.82) is 0 Å². The Kier molecular flexibility index (Phi) is 3.57. The van der Waals surface area contributed by atoms with Crippen molar-refractivity contribution in [2.75, 3.05) is 5.32 Å². The molecule has 0 saturated heterocycles. The van der Waals surface area contributed by atoms with Crippen molar-refractivity contribution in [3.8, 4) is 0 Å². The fourth-order valence-corrected chi connectivity index (χ4v) is 2.40. The molecule has 2 aromatic rings. The lowest BCUT2D eigenvalue weighted by Crippen LogP contribution is -2.13. The lowest BCUT2D eigenvalue weighted by Gasteiger charge is -2.02. The lowest BCUT2D eigenvalue weighted by molar-refractivity contribution is 0.0701. The third-order valence-electron chi connectivity index (χ3n) is 2.35. The van der Waals surface area contributed by atoms with Crippen LogP contribution in [0.1, 0.15) is 25.6 Å². The molecule has 2 rings (SSSR count). The number of pyridine rings is 1. The Bertz CT molecular complexity index is 654. The van der Waals surface area contributed by atoms with Crippen molar-refractivity contribution in [2.45, 2.75) is 6.92 Å². The van der Waals surface area contributed by atoms with E-state index in [-0.39, 0.29) is 10.4 Å². The first-order valence-electron chi connectivity index (χ1n) is 5.24. The maximum Gasteiger partial charge on any atom is 0.346 e. The number of hydrogen-bond acceptors (Lipinski definition) is 4. The highest BCUT2D eigenvalue weighted by Crippen LogP contribution is 2.27. The van der Waals surface area contributed by atoms with E-state index in [1.807, 2.05) is 0 Å². The Morgan fingerprint density at radius 1 is 1.47 bits per heavy atom. The molecule has 2 aromatic heterocycles. The fourth-order valence-electron chi connectivity index (χ4n) is 1.49. The quantitative estimate of drug-likeness (QED) is 0.847. The highest BCUT2D eigenvalue weighted by atomic mass is 32.1. The molecular weight excluding hydrogens is 271 g/mol. The van der Waals surface area contributed by atoms with E-state index in [0.29, 0.717) is 10.6 Å². The number of amides is 1. The molecule has 0 unspecified atom stereocenters. The summed E-state index contributed by atoms with van der Waals surface area (Å²) >= 11 is 0.922. The average molecular weight is 280 g/mol. The molecule has 0 spiro atoms. The molecule has 0 bridgehead atoms. The van der Waals surface area contributed by atoms with E-state index in [0.717, 1.165) is 11.3 Å². The maximum absolute atomic E-state index is 13.3. The summed E-state index contributed by atoms with van der Waals surface area (Å²) in [6.07, 6.45) is 1.24. The number of nitrogens with one attached hydrogen (secondary N) is 1. The van der Waals surface area contributed by atoms with Gasteiger partial charge in [-0.25, -0.2) is 9.78 Å². The van der Waals surface area contributed by atoms with Crippen LogP contribution in [0.15, 0.2) is 24.4 Å². The SMILES string of the molecule is Cc1cc(NC(=O)c2cccnc2F)sc1C(=O)O. The molecule has 19 heavy (non-hydrogen) atoms. The second-order valence-corrected chi connectivity index (χ2v) is 4.78. The molecule has 0 saturated carbocycles. The van der Waals surface area contributed by atoms with E-state index in [1.54, 1.807) is 6.92 Å². The predicted octanol–water partition coefficient (Wildman–Crippen LogP) is 2.54. The zero-order chi connectivity index (χ0) is 14.0. The van der Waals surface area contributed by atoms with Crippen molar-refractivity contribution < 1.29 is 19.1 Å². The first kappa shape index (κ1) is 13.2. The summed E-state index contributed by atoms with van der Waals surface area (Å²) in [7, 11) is 0. The number of rotatable bonds is 3. The van der Waals surface area contributed by atoms with Gasteiger partial charge in [0, 0.05) is 6.20 Å². The summed E-state index contributed by atoms with van der Waals surface area (Å²) < 4.78 is 13.3. The molecule has 0 aliphatic carbocycles. The van der Waals surface area contributed by atoms with Gasteiger partial charge in [-0.1, -0.05) is 0 Å². The Hall–Kier alpha value is -2.28. The second kappa shape index (κ2) is 5.15. The first-order chi connectivity index (χ1) is 8.99. The Balaban J connectivity index is 2.22. The van der Waals surface area contributed by atoms with Crippen LogP contribution in [0.25, 0.3) is 0 Å². The number of carboxylic acids is 1. The van der Waals surface area contributed by atoms with Crippen molar-refractivity contribution in [3.05, 3.63) is 46.3 Å². The van der Waals surface area contributed by atoms with Gasteiger partial charge in [-0.3, -0.25) is 4.79 Å². The first-order valence-corrected chi connectivity index (χ1v) is 6.06. The van der Waals surface area contributed by atoms with Crippen molar-refractivity contribution in [3.63, 3.8) is 0 Å². The summed E-state index contributed by atoms with van der Waals surface area (Å²) in [5.74, 6) is -2.59. The number of halogens is 1. The third-order valence-corrected chi connectivity index (χ3v) is 3.49. The van der Waals surface area contributed by atoms with Crippen molar-refractivity contribution >= 4 is 28.2 Å². The minimum Gasteiger partial charge on any atom is -0.477 e. The van der Waals surface area contributed by atoms with Crippen LogP contribution in [0.5, 0.6) is 0 Å². The summed E-state index contributed by atoms with van der Waals surface area (Å²) in [5.41, 5.74) is 0.352. The molecule has 0 radical (unpaired) electrons. The van der Waals surface area contributed by atoms with Crippen LogP contribution in [0, 0.1) is 12.9 Å². The number of aromatic nitrogens is 1. The molecule has 2 heterocycles. The van der Waals surface area contributed by atoms with Gasteiger partial charge < -0.3 is 10.4 Å². The zero-order valence-corrected chi connectivity index (χ0v) is 10.6. The zero-order valence-electron chi connectivity index (χ0n) is 9.81. The number of aromatic carboxylic acids is 1. The van der Waals surface area contributed by atoms with Crippen LogP contribution >= 0.6 is 11.3 Å². The van der Waals surface area contributed by atoms with Crippen molar-refractivity contribution in [2.24, 2.45) is 0 Å². The number of carbonyl (C=O) groups excluding carboxylic acids is 1. The van der Waals surface area contributed by atoms with Crippen LogP contribution in [-0.4, -0.2) is 22.0 Å². The summed E-state index contributed by atoms with van der Waals surface area (Å²) in [4.78, 5) is 26.2. The average Bonchev–Trinajstić information content (AvgIpc) is 2.70. The van der Waals surface area contributed by atoms with E-state index in [1.165, 1.54) is 24.4 Å². The molecule has 0 aliphatic rings. The second-order valence-electron chi connectivity index (χ2n) is 3.72. The van der Waals surface area contributed by atoms with E-state index in [4.69, 9.17) is 5.11 Å². The number of aryl methyl sites for hydroxylation is 1. The minimum atomic E-state index is -1.06. The fraction of sp³-hybridized carbons (Fsp3) is 0.0833. The van der Waals surface area contributed by atoms with Crippen LogP contribution in [0.2, 0.25) is 0 Å². The monoisotopic (exact) mass is 280 g/mol. The van der Waals surface area contributed by atoms with Crippen molar-refractivity contribution in [1.82, 2.24) is 4.98 Å². The predicted molar refractivity (Wildman–Crippen MR) is 68.2 cm³/mol. The highest BCUT2D eigenvalue weighted by molar-refractivity contribution is 7.18. The van der Waals surface area contributed by atoms with Gasteiger partial charge in [0.2, 0.25) is 5.95 Å². The molecule has 1 amide bonds. The van der Waals surface area contributed by atoms with E-state index in [2.05, 4.69) is 10.3 Å². The Morgan fingerprint density at radius 2 is 2.21 bits per heavy atom. The van der Waals surface area contributed by atoms with Gasteiger partial charge in [0.05, 0.1) is 10.6 Å². The topological polar surface area (TPSA) is 79.3 Å². The lowest BCUT2D eigenvalue weighted by atomic mass is 10.2. The molecule has 98 valence electrons. The van der Waals surface area contributed by atoms with Gasteiger partial charge in [-0.15, -0.1) is 11.3 Å².